The summed E-state index contributed by atoms with van der Waals surface area (Å²) < 4.78 is 0. The third kappa shape index (κ3) is 3.67. The minimum Gasteiger partial charge on any atom is -0.314 e. The van der Waals surface area contributed by atoms with E-state index < -0.39 is 0 Å². The summed E-state index contributed by atoms with van der Waals surface area (Å²) in [6.45, 7) is 7.27. The molecule has 0 amide bonds. The second-order valence-electron chi connectivity index (χ2n) is 4.10. The molecule has 1 nitrogen and oxygen atoms in total. The fourth-order valence-electron chi connectivity index (χ4n) is 1.50. The molecule has 0 aromatic heterocycles. The molecular formula is C12H17Cl2N. The molecule has 3 heteroatoms. The highest BCUT2D eigenvalue weighted by Crippen LogP contribution is 2.30. The Bertz CT molecular complexity index is 303. The maximum absolute atomic E-state index is 6.13. The Balaban J connectivity index is 2.77. The SMILES string of the molecule is CC(C)NCC(C)c1c(Cl)cccc1Cl. The van der Waals surface area contributed by atoms with Crippen molar-refractivity contribution >= 4 is 23.2 Å². The van der Waals surface area contributed by atoms with E-state index in [9.17, 15) is 0 Å². The standard InChI is InChI=1S/C12H17Cl2N/c1-8(2)15-7-9(3)12-10(13)5-4-6-11(12)14/h4-6,8-9,15H,7H2,1-3H3. The van der Waals surface area contributed by atoms with E-state index in [-0.39, 0.29) is 0 Å². The summed E-state index contributed by atoms with van der Waals surface area (Å²) in [4.78, 5) is 0. The highest BCUT2D eigenvalue weighted by Gasteiger charge is 2.13. The van der Waals surface area contributed by atoms with Crippen LogP contribution in [0.1, 0.15) is 32.3 Å². The molecule has 0 radical (unpaired) electrons. The summed E-state index contributed by atoms with van der Waals surface area (Å²) in [5.41, 5.74) is 1.04. The monoisotopic (exact) mass is 245 g/mol. The van der Waals surface area contributed by atoms with Gasteiger partial charge in [0.15, 0.2) is 0 Å². The first-order chi connectivity index (χ1) is 7.02. The first kappa shape index (κ1) is 12.8. The number of hydrogen-bond donors (Lipinski definition) is 1. The van der Waals surface area contributed by atoms with Gasteiger partial charge in [0, 0.05) is 22.6 Å². The van der Waals surface area contributed by atoms with Gasteiger partial charge in [-0.3, -0.25) is 0 Å². The van der Waals surface area contributed by atoms with Gasteiger partial charge in [-0.15, -0.1) is 0 Å². The average Bonchev–Trinajstić information content (AvgIpc) is 2.14. The van der Waals surface area contributed by atoms with Crippen LogP contribution in [-0.4, -0.2) is 12.6 Å². The topological polar surface area (TPSA) is 12.0 Å². The van der Waals surface area contributed by atoms with Crippen molar-refractivity contribution in [1.29, 1.82) is 0 Å². The predicted molar refractivity (Wildman–Crippen MR) is 68.0 cm³/mol. The Hall–Kier alpha value is -0.240. The van der Waals surface area contributed by atoms with Gasteiger partial charge < -0.3 is 5.32 Å². The molecule has 0 aliphatic heterocycles. The van der Waals surface area contributed by atoms with Crippen molar-refractivity contribution in [2.24, 2.45) is 0 Å². The Morgan fingerprint density at radius 1 is 1.13 bits per heavy atom. The zero-order chi connectivity index (χ0) is 11.4. The highest BCUT2D eigenvalue weighted by atomic mass is 35.5. The molecule has 1 unspecified atom stereocenters. The molecule has 1 N–H and O–H groups in total. The van der Waals surface area contributed by atoms with Crippen LogP contribution in [0.5, 0.6) is 0 Å². The predicted octanol–water partition coefficient (Wildman–Crippen LogP) is 4.09. The van der Waals surface area contributed by atoms with Crippen molar-refractivity contribution < 1.29 is 0 Å². The first-order valence-corrected chi connectivity index (χ1v) is 5.95. The van der Waals surface area contributed by atoms with E-state index in [0.29, 0.717) is 12.0 Å². The number of rotatable bonds is 4. The van der Waals surface area contributed by atoms with Gasteiger partial charge in [0.1, 0.15) is 0 Å². The summed E-state index contributed by atoms with van der Waals surface area (Å²) in [5, 5.41) is 4.88. The zero-order valence-corrected chi connectivity index (χ0v) is 10.9. The van der Waals surface area contributed by atoms with Crippen LogP contribution in [0.4, 0.5) is 0 Å². The normalized spacial score (nSPS) is 13.2. The third-order valence-corrected chi connectivity index (χ3v) is 2.98. The van der Waals surface area contributed by atoms with Crippen molar-refractivity contribution in [2.75, 3.05) is 6.54 Å². The molecule has 15 heavy (non-hydrogen) atoms. The third-order valence-electron chi connectivity index (χ3n) is 2.32. The van der Waals surface area contributed by atoms with E-state index in [0.717, 1.165) is 22.2 Å². The lowest BCUT2D eigenvalue weighted by Crippen LogP contribution is -2.27. The zero-order valence-electron chi connectivity index (χ0n) is 9.35. The van der Waals surface area contributed by atoms with Gasteiger partial charge in [-0.05, 0) is 23.6 Å². The Labute approximate surface area is 102 Å². The molecule has 0 fully saturated rings. The smallest absolute Gasteiger partial charge is 0.0456 e. The maximum atomic E-state index is 6.13. The Kier molecular flexibility index (Phi) is 4.91. The first-order valence-electron chi connectivity index (χ1n) is 5.19. The molecule has 0 heterocycles. The van der Waals surface area contributed by atoms with Crippen LogP contribution in [-0.2, 0) is 0 Å². The molecule has 0 bridgehead atoms. The van der Waals surface area contributed by atoms with Crippen LogP contribution in [0.3, 0.4) is 0 Å². The lowest BCUT2D eigenvalue weighted by atomic mass is 10.0. The molecule has 1 aromatic carbocycles. The molecule has 1 atom stereocenters. The van der Waals surface area contributed by atoms with Crippen LogP contribution in [0.2, 0.25) is 10.0 Å². The molecule has 0 saturated heterocycles. The molecule has 1 rings (SSSR count). The van der Waals surface area contributed by atoms with Crippen molar-refractivity contribution in [1.82, 2.24) is 5.32 Å². The minimum absolute atomic E-state index is 0.327. The minimum atomic E-state index is 0.327. The Morgan fingerprint density at radius 2 is 1.67 bits per heavy atom. The van der Waals surface area contributed by atoms with E-state index in [1.807, 2.05) is 18.2 Å². The van der Waals surface area contributed by atoms with Gasteiger partial charge in [0.25, 0.3) is 0 Å². The summed E-state index contributed by atoms with van der Waals surface area (Å²) in [6.07, 6.45) is 0. The average molecular weight is 246 g/mol. The summed E-state index contributed by atoms with van der Waals surface area (Å²) in [5.74, 6) is 0.327. The second-order valence-corrected chi connectivity index (χ2v) is 4.91. The van der Waals surface area contributed by atoms with Gasteiger partial charge in [-0.25, -0.2) is 0 Å². The molecule has 0 spiro atoms. The van der Waals surface area contributed by atoms with E-state index in [4.69, 9.17) is 23.2 Å². The molecule has 84 valence electrons. The number of benzene rings is 1. The van der Waals surface area contributed by atoms with Crippen LogP contribution >= 0.6 is 23.2 Å². The lowest BCUT2D eigenvalue weighted by molar-refractivity contribution is 0.548. The lowest BCUT2D eigenvalue weighted by Gasteiger charge is -2.17. The van der Waals surface area contributed by atoms with Crippen molar-refractivity contribution in [3.63, 3.8) is 0 Å². The van der Waals surface area contributed by atoms with Crippen LogP contribution in [0.25, 0.3) is 0 Å². The molecule has 0 saturated carbocycles. The summed E-state index contributed by atoms with van der Waals surface area (Å²) in [7, 11) is 0. The van der Waals surface area contributed by atoms with E-state index in [1.165, 1.54) is 0 Å². The van der Waals surface area contributed by atoms with Crippen LogP contribution < -0.4 is 5.32 Å². The van der Waals surface area contributed by atoms with Crippen LogP contribution in [0, 0.1) is 0 Å². The van der Waals surface area contributed by atoms with Crippen LogP contribution in [0.15, 0.2) is 18.2 Å². The highest BCUT2D eigenvalue weighted by molar-refractivity contribution is 6.36. The fourth-order valence-corrected chi connectivity index (χ4v) is 2.27. The molecule has 0 aliphatic rings. The fraction of sp³-hybridized carbons (Fsp3) is 0.500. The number of hydrogen-bond acceptors (Lipinski definition) is 1. The molecule has 1 aromatic rings. The van der Waals surface area contributed by atoms with Crippen molar-refractivity contribution in [2.45, 2.75) is 32.7 Å². The largest absolute Gasteiger partial charge is 0.314 e. The van der Waals surface area contributed by atoms with Gasteiger partial charge in [-0.1, -0.05) is 50.0 Å². The van der Waals surface area contributed by atoms with Crippen molar-refractivity contribution in [3.8, 4) is 0 Å². The molecule has 0 aliphatic carbocycles. The second kappa shape index (κ2) is 5.74. The quantitative estimate of drug-likeness (QED) is 0.843. The van der Waals surface area contributed by atoms with E-state index in [1.54, 1.807) is 0 Å². The summed E-state index contributed by atoms with van der Waals surface area (Å²) in [6, 6.07) is 6.12. The Morgan fingerprint density at radius 3 is 2.13 bits per heavy atom. The van der Waals surface area contributed by atoms with Gasteiger partial charge >= 0.3 is 0 Å². The maximum Gasteiger partial charge on any atom is 0.0456 e. The van der Waals surface area contributed by atoms with E-state index >= 15 is 0 Å². The van der Waals surface area contributed by atoms with E-state index in [2.05, 4.69) is 26.1 Å². The van der Waals surface area contributed by atoms with Gasteiger partial charge in [0.2, 0.25) is 0 Å². The van der Waals surface area contributed by atoms with Gasteiger partial charge in [-0.2, -0.15) is 0 Å². The van der Waals surface area contributed by atoms with Crippen molar-refractivity contribution in [3.05, 3.63) is 33.8 Å². The summed E-state index contributed by atoms with van der Waals surface area (Å²) >= 11 is 12.3. The number of halogens is 2. The molecular weight excluding hydrogens is 229 g/mol. The number of nitrogens with one attached hydrogen (secondary N) is 1. The van der Waals surface area contributed by atoms with Gasteiger partial charge in [0.05, 0.1) is 0 Å².